The Morgan fingerprint density at radius 3 is 2.56 bits per heavy atom. The molecule has 1 aromatic carbocycles. The van der Waals surface area contributed by atoms with Crippen molar-refractivity contribution in [2.24, 2.45) is 0 Å². The molecule has 0 heterocycles. The van der Waals surface area contributed by atoms with Crippen molar-refractivity contribution in [2.45, 2.75) is 20.3 Å². The van der Waals surface area contributed by atoms with E-state index in [1.54, 1.807) is 11.0 Å². The number of amides is 1. The monoisotopic (exact) mass is 287 g/mol. The van der Waals surface area contributed by atoms with Crippen molar-refractivity contribution in [3.05, 3.63) is 34.1 Å². The molecule has 0 N–H and O–H groups in total. The Hall–Kier alpha value is -0.900. The van der Waals surface area contributed by atoms with Crippen molar-refractivity contribution in [3.8, 4) is 0 Å². The van der Waals surface area contributed by atoms with Crippen molar-refractivity contribution >= 4 is 21.8 Å². The van der Waals surface area contributed by atoms with Crippen LogP contribution in [0.25, 0.3) is 0 Å². The van der Waals surface area contributed by atoms with Gasteiger partial charge in [-0.15, -0.1) is 0 Å². The van der Waals surface area contributed by atoms with Crippen LogP contribution in [0.1, 0.15) is 19.4 Å². The summed E-state index contributed by atoms with van der Waals surface area (Å²) in [6.45, 7) is 5.23. The molecule has 0 aliphatic rings. The molecule has 0 aromatic heterocycles. The van der Waals surface area contributed by atoms with E-state index in [0.717, 1.165) is 4.47 Å². The predicted octanol–water partition coefficient (Wildman–Crippen LogP) is 3.00. The number of hydrogen-bond acceptors (Lipinski definition) is 1. The zero-order chi connectivity index (χ0) is 12.1. The maximum atomic E-state index is 13.0. The first-order valence-electron chi connectivity index (χ1n) is 5.30. The summed E-state index contributed by atoms with van der Waals surface area (Å²) in [5.74, 6) is -0.290. The van der Waals surface area contributed by atoms with E-state index in [1.807, 2.05) is 13.8 Å². The predicted molar refractivity (Wildman–Crippen MR) is 65.7 cm³/mol. The Morgan fingerprint density at radius 1 is 1.38 bits per heavy atom. The van der Waals surface area contributed by atoms with Gasteiger partial charge in [-0.1, -0.05) is 15.9 Å². The van der Waals surface area contributed by atoms with Gasteiger partial charge in [0.25, 0.3) is 0 Å². The lowest BCUT2D eigenvalue weighted by Crippen LogP contribution is -2.31. The summed E-state index contributed by atoms with van der Waals surface area (Å²) in [5, 5.41) is 0. The van der Waals surface area contributed by atoms with E-state index in [2.05, 4.69) is 15.9 Å². The van der Waals surface area contributed by atoms with E-state index in [0.29, 0.717) is 18.7 Å². The molecule has 0 atom stereocenters. The number of likely N-dealkylation sites (N-methyl/N-ethyl adjacent to an activating group) is 1. The molecule has 16 heavy (non-hydrogen) atoms. The first-order valence-corrected chi connectivity index (χ1v) is 6.09. The van der Waals surface area contributed by atoms with Crippen LogP contribution in [0.4, 0.5) is 4.39 Å². The van der Waals surface area contributed by atoms with Gasteiger partial charge in [0.05, 0.1) is 6.42 Å². The van der Waals surface area contributed by atoms with Gasteiger partial charge >= 0.3 is 0 Å². The second-order valence-electron chi connectivity index (χ2n) is 3.48. The maximum Gasteiger partial charge on any atom is 0.227 e. The van der Waals surface area contributed by atoms with Gasteiger partial charge in [-0.3, -0.25) is 4.79 Å². The summed E-state index contributed by atoms with van der Waals surface area (Å²) in [6.07, 6.45) is 0.236. The van der Waals surface area contributed by atoms with Gasteiger partial charge < -0.3 is 4.90 Å². The highest BCUT2D eigenvalue weighted by Gasteiger charge is 2.12. The second kappa shape index (κ2) is 5.99. The Kier molecular flexibility index (Phi) is 4.93. The molecule has 1 amide bonds. The summed E-state index contributed by atoms with van der Waals surface area (Å²) >= 11 is 3.31. The Morgan fingerprint density at radius 2 is 2.00 bits per heavy atom. The molecule has 0 aliphatic heterocycles. The number of carbonyl (C=O) groups excluding carboxylic acids is 1. The Bertz CT molecular complexity index is 377. The first-order chi connectivity index (χ1) is 7.58. The number of halogens is 2. The van der Waals surface area contributed by atoms with Crippen LogP contribution in [-0.2, 0) is 11.2 Å². The minimum atomic E-state index is -0.314. The van der Waals surface area contributed by atoms with Gasteiger partial charge in [-0.2, -0.15) is 0 Å². The van der Waals surface area contributed by atoms with Crippen LogP contribution in [0, 0.1) is 5.82 Å². The zero-order valence-electron chi connectivity index (χ0n) is 9.46. The maximum absolute atomic E-state index is 13.0. The first kappa shape index (κ1) is 13.2. The van der Waals surface area contributed by atoms with Gasteiger partial charge in [0.15, 0.2) is 0 Å². The molecule has 0 bridgehead atoms. The van der Waals surface area contributed by atoms with E-state index < -0.39 is 0 Å². The number of rotatable bonds is 4. The lowest BCUT2D eigenvalue weighted by molar-refractivity contribution is -0.130. The van der Waals surface area contributed by atoms with Gasteiger partial charge in [0.1, 0.15) is 5.82 Å². The summed E-state index contributed by atoms with van der Waals surface area (Å²) in [4.78, 5) is 13.6. The van der Waals surface area contributed by atoms with Crippen LogP contribution in [0.15, 0.2) is 22.7 Å². The number of nitrogens with zero attached hydrogens (tertiary/aromatic N) is 1. The van der Waals surface area contributed by atoms with Crippen LogP contribution < -0.4 is 0 Å². The molecule has 0 fully saturated rings. The van der Waals surface area contributed by atoms with Gasteiger partial charge in [-0.05, 0) is 37.6 Å². The average Bonchev–Trinajstić information content (AvgIpc) is 2.25. The molecule has 0 saturated carbocycles. The fourth-order valence-electron chi connectivity index (χ4n) is 1.53. The van der Waals surface area contributed by atoms with E-state index in [1.165, 1.54) is 12.1 Å². The molecular weight excluding hydrogens is 273 g/mol. The lowest BCUT2D eigenvalue weighted by atomic mass is 10.1. The summed E-state index contributed by atoms with van der Waals surface area (Å²) in [5.41, 5.74) is 0.692. The van der Waals surface area contributed by atoms with Crippen molar-refractivity contribution in [1.82, 2.24) is 4.90 Å². The highest BCUT2D eigenvalue weighted by atomic mass is 79.9. The average molecular weight is 288 g/mol. The standard InChI is InChI=1S/C12H15BrFNO/c1-3-15(4-2)12(16)8-9-7-10(14)5-6-11(9)13/h5-7H,3-4,8H2,1-2H3. The number of benzene rings is 1. The number of hydrogen-bond donors (Lipinski definition) is 0. The lowest BCUT2D eigenvalue weighted by Gasteiger charge is -2.18. The molecule has 0 unspecified atom stereocenters. The molecule has 0 radical (unpaired) electrons. The molecule has 88 valence electrons. The Balaban J connectivity index is 2.80. The quantitative estimate of drug-likeness (QED) is 0.834. The SMILES string of the molecule is CCN(CC)C(=O)Cc1cc(F)ccc1Br. The minimum absolute atomic E-state index is 0.0244. The van der Waals surface area contributed by atoms with Crippen LogP contribution in [-0.4, -0.2) is 23.9 Å². The molecule has 1 aromatic rings. The number of carbonyl (C=O) groups is 1. The third-order valence-electron chi connectivity index (χ3n) is 2.47. The summed E-state index contributed by atoms with van der Waals surface area (Å²) in [7, 11) is 0. The molecule has 1 rings (SSSR count). The van der Waals surface area contributed by atoms with Gasteiger partial charge in [0, 0.05) is 17.6 Å². The van der Waals surface area contributed by atoms with Crippen LogP contribution in [0.3, 0.4) is 0 Å². The van der Waals surface area contributed by atoms with Crippen molar-refractivity contribution < 1.29 is 9.18 Å². The second-order valence-corrected chi connectivity index (χ2v) is 4.33. The largest absolute Gasteiger partial charge is 0.343 e. The molecule has 0 aliphatic carbocycles. The van der Waals surface area contributed by atoms with Gasteiger partial charge in [-0.25, -0.2) is 4.39 Å². The van der Waals surface area contributed by atoms with E-state index in [9.17, 15) is 9.18 Å². The van der Waals surface area contributed by atoms with E-state index in [-0.39, 0.29) is 18.1 Å². The van der Waals surface area contributed by atoms with Crippen LogP contribution >= 0.6 is 15.9 Å². The zero-order valence-corrected chi connectivity index (χ0v) is 11.1. The minimum Gasteiger partial charge on any atom is -0.343 e. The Labute approximate surface area is 104 Å². The van der Waals surface area contributed by atoms with E-state index >= 15 is 0 Å². The van der Waals surface area contributed by atoms with Gasteiger partial charge in [0.2, 0.25) is 5.91 Å². The van der Waals surface area contributed by atoms with Crippen molar-refractivity contribution in [3.63, 3.8) is 0 Å². The fourth-order valence-corrected chi connectivity index (χ4v) is 1.92. The molecule has 2 nitrogen and oxygen atoms in total. The van der Waals surface area contributed by atoms with Crippen molar-refractivity contribution in [2.75, 3.05) is 13.1 Å². The smallest absolute Gasteiger partial charge is 0.227 e. The highest BCUT2D eigenvalue weighted by molar-refractivity contribution is 9.10. The summed E-state index contributed by atoms with van der Waals surface area (Å²) in [6, 6.07) is 4.39. The normalized spacial score (nSPS) is 10.2. The van der Waals surface area contributed by atoms with Crippen LogP contribution in [0.2, 0.25) is 0 Å². The van der Waals surface area contributed by atoms with E-state index in [4.69, 9.17) is 0 Å². The van der Waals surface area contributed by atoms with Crippen molar-refractivity contribution in [1.29, 1.82) is 0 Å². The molecule has 0 spiro atoms. The highest BCUT2D eigenvalue weighted by Crippen LogP contribution is 2.18. The molecule has 0 saturated heterocycles. The molecular formula is C12H15BrFNO. The topological polar surface area (TPSA) is 20.3 Å². The summed E-state index contributed by atoms with van der Waals surface area (Å²) < 4.78 is 13.8. The molecule has 4 heteroatoms. The third kappa shape index (κ3) is 3.30. The van der Waals surface area contributed by atoms with Crippen LogP contribution in [0.5, 0.6) is 0 Å². The third-order valence-corrected chi connectivity index (χ3v) is 3.24. The fraction of sp³-hybridized carbons (Fsp3) is 0.417.